The molecule has 1 unspecified atom stereocenters. The second-order valence-electron chi connectivity index (χ2n) is 6.37. The monoisotopic (exact) mass is 322 g/mol. The van der Waals surface area contributed by atoms with E-state index in [1.165, 1.54) is 57.7 Å². The fraction of sp³-hybridized carbons (Fsp3) is 0.833. The molecule has 1 aromatic rings. The Bertz CT molecular complexity index is 392. The van der Waals surface area contributed by atoms with E-state index >= 15 is 0 Å². The maximum Gasteiger partial charge on any atom is 0.222 e. The quantitative estimate of drug-likeness (QED) is 0.525. The molecule has 1 amide bonds. The highest BCUT2D eigenvalue weighted by molar-refractivity contribution is 5.76. The molecule has 1 heterocycles. The molecule has 132 valence electrons. The van der Waals surface area contributed by atoms with Crippen LogP contribution in [-0.2, 0) is 11.3 Å². The normalized spacial score (nSPS) is 12.3. The van der Waals surface area contributed by atoms with Crippen molar-refractivity contribution in [1.82, 2.24) is 20.1 Å². The van der Waals surface area contributed by atoms with Gasteiger partial charge in [-0.3, -0.25) is 9.48 Å². The van der Waals surface area contributed by atoms with Crippen LogP contribution in [-0.4, -0.2) is 26.7 Å². The maximum atomic E-state index is 12.1. The van der Waals surface area contributed by atoms with Gasteiger partial charge in [-0.15, -0.1) is 0 Å². The van der Waals surface area contributed by atoms with Crippen LogP contribution in [0.2, 0.25) is 0 Å². The zero-order chi connectivity index (χ0) is 16.8. The van der Waals surface area contributed by atoms with Crippen LogP contribution in [0.15, 0.2) is 12.7 Å². The Balaban J connectivity index is 2.26. The first-order chi connectivity index (χ1) is 11.3. The second kappa shape index (κ2) is 13.1. The Morgan fingerprint density at radius 3 is 2.35 bits per heavy atom. The van der Waals surface area contributed by atoms with Gasteiger partial charge in [-0.25, -0.2) is 4.98 Å². The van der Waals surface area contributed by atoms with E-state index in [4.69, 9.17) is 0 Å². The number of aryl methyl sites for hydroxylation is 1. The lowest BCUT2D eigenvalue weighted by Crippen LogP contribution is -2.35. The lowest BCUT2D eigenvalue weighted by molar-refractivity contribution is -0.122. The van der Waals surface area contributed by atoms with Crippen molar-refractivity contribution < 1.29 is 4.79 Å². The molecule has 0 aromatic carbocycles. The van der Waals surface area contributed by atoms with Crippen LogP contribution in [0, 0.1) is 0 Å². The average molecular weight is 322 g/mol. The third-order valence-electron chi connectivity index (χ3n) is 4.21. The number of nitrogens with one attached hydrogen (secondary N) is 1. The minimum Gasteiger partial charge on any atom is -0.353 e. The number of nitrogens with zero attached hydrogens (tertiary/aromatic N) is 3. The van der Waals surface area contributed by atoms with Gasteiger partial charge in [0, 0.05) is 12.5 Å². The molecule has 1 atom stereocenters. The smallest absolute Gasteiger partial charge is 0.222 e. The minimum atomic E-state index is 0.135. The summed E-state index contributed by atoms with van der Waals surface area (Å²) in [5.74, 6) is 0.135. The zero-order valence-corrected chi connectivity index (χ0v) is 15.0. The molecule has 0 saturated carbocycles. The highest BCUT2D eigenvalue weighted by atomic mass is 16.1. The van der Waals surface area contributed by atoms with E-state index in [1.807, 2.05) is 0 Å². The number of rotatable bonds is 14. The maximum absolute atomic E-state index is 12.1. The highest BCUT2D eigenvalue weighted by Crippen LogP contribution is 2.12. The number of amides is 1. The first-order valence-electron chi connectivity index (χ1n) is 9.38. The molecule has 5 nitrogen and oxygen atoms in total. The molecule has 5 heteroatoms. The molecule has 0 spiro atoms. The fourth-order valence-electron chi connectivity index (χ4n) is 2.79. The molecule has 1 aromatic heterocycles. The molecule has 1 rings (SSSR count). The Morgan fingerprint density at radius 1 is 1.04 bits per heavy atom. The molecule has 23 heavy (non-hydrogen) atoms. The molecule has 0 aliphatic rings. The van der Waals surface area contributed by atoms with E-state index in [1.54, 1.807) is 11.0 Å². The summed E-state index contributed by atoms with van der Waals surface area (Å²) in [5.41, 5.74) is 0. The molecular weight excluding hydrogens is 288 g/mol. The number of unbranched alkanes of at least 4 members (excludes halogenated alkanes) is 6. The molecular formula is C18H34N4O. The highest BCUT2D eigenvalue weighted by Gasteiger charge is 2.12. The average Bonchev–Trinajstić information content (AvgIpc) is 3.06. The number of carbonyl (C=O) groups excluding carboxylic acids is 1. The van der Waals surface area contributed by atoms with Crippen molar-refractivity contribution in [3.05, 3.63) is 12.7 Å². The van der Waals surface area contributed by atoms with Gasteiger partial charge >= 0.3 is 0 Å². The summed E-state index contributed by atoms with van der Waals surface area (Å²) in [7, 11) is 0. The van der Waals surface area contributed by atoms with Gasteiger partial charge in [0.2, 0.25) is 5.91 Å². The Hall–Kier alpha value is -1.39. The third kappa shape index (κ3) is 10.1. The van der Waals surface area contributed by atoms with Crippen molar-refractivity contribution in [2.24, 2.45) is 0 Å². The fourth-order valence-corrected chi connectivity index (χ4v) is 2.79. The number of hydrogen-bond acceptors (Lipinski definition) is 3. The number of carbonyl (C=O) groups is 1. The minimum absolute atomic E-state index is 0.135. The van der Waals surface area contributed by atoms with E-state index in [9.17, 15) is 4.79 Å². The standard InChI is InChI=1S/C18H34N4O/c1-3-5-7-8-10-12-17(11-9-6-4-2)21-18(23)13-14-22-16-19-15-20-22/h15-17H,3-14H2,1-2H3,(H,21,23). The van der Waals surface area contributed by atoms with E-state index in [0.717, 1.165) is 12.8 Å². The predicted molar refractivity (Wildman–Crippen MR) is 94.1 cm³/mol. The van der Waals surface area contributed by atoms with Gasteiger partial charge < -0.3 is 5.32 Å². The van der Waals surface area contributed by atoms with Crippen molar-refractivity contribution >= 4 is 5.91 Å². The summed E-state index contributed by atoms with van der Waals surface area (Å²) in [4.78, 5) is 16.0. The van der Waals surface area contributed by atoms with Gasteiger partial charge in [-0.2, -0.15) is 5.10 Å². The SMILES string of the molecule is CCCCCCCC(CCCCC)NC(=O)CCn1cncn1. The molecule has 0 saturated heterocycles. The number of aromatic nitrogens is 3. The van der Waals surface area contributed by atoms with Crippen molar-refractivity contribution in [2.45, 2.75) is 97.1 Å². The van der Waals surface area contributed by atoms with Crippen LogP contribution in [0.25, 0.3) is 0 Å². The van der Waals surface area contributed by atoms with Crippen LogP contribution in [0.3, 0.4) is 0 Å². The van der Waals surface area contributed by atoms with Crippen molar-refractivity contribution in [3.8, 4) is 0 Å². The molecule has 0 fully saturated rings. The van der Waals surface area contributed by atoms with Gasteiger partial charge in [-0.1, -0.05) is 65.2 Å². The zero-order valence-electron chi connectivity index (χ0n) is 15.0. The van der Waals surface area contributed by atoms with Gasteiger partial charge in [0.05, 0.1) is 6.54 Å². The summed E-state index contributed by atoms with van der Waals surface area (Å²) >= 11 is 0. The van der Waals surface area contributed by atoms with Gasteiger partial charge in [0.25, 0.3) is 0 Å². The second-order valence-corrected chi connectivity index (χ2v) is 6.37. The lowest BCUT2D eigenvalue weighted by atomic mass is 10.0. The van der Waals surface area contributed by atoms with Crippen LogP contribution in [0.5, 0.6) is 0 Å². The first-order valence-corrected chi connectivity index (χ1v) is 9.38. The Labute approximate surface area is 141 Å². The summed E-state index contributed by atoms with van der Waals surface area (Å²) < 4.78 is 1.70. The lowest BCUT2D eigenvalue weighted by Gasteiger charge is -2.19. The van der Waals surface area contributed by atoms with Crippen molar-refractivity contribution in [1.29, 1.82) is 0 Å². The van der Waals surface area contributed by atoms with Crippen LogP contribution in [0.1, 0.15) is 84.5 Å². The van der Waals surface area contributed by atoms with E-state index in [0.29, 0.717) is 19.0 Å². The van der Waals surface area contributed by atoms with Crippen molar-refractivity contribution in [2.75, 3.05) is 0 Å². The summed E-state index contributed by atoms with van der Waals surface area (Å²) in [6.07, 6.45) is 16.0. The van der Waals surface area contributed by atoms with Crippen LogP contribution in [0.4, 0.5) is 0 Å². The summed E-state index contributed by atoms with van der Waals surface area (Å²) in [6.45, 7) is 5.06. The van der Waals surface area contributed by atoms with Crippen LogP contribution >= 0.6 is 0 Å². The summed E-state index contributed by atoms with van der Waals surface area (Å²) in [5, 5.41) is 7.26. The van der Waals surface area contributed by atoms with E-state index in [-0.39, 0.29) is 5.91 Å². The van der Waals surface area contributed by atoms with Crippen molar-refractivity contribution in [3.63, 3.8) is 0 Å². The van der Waals surface area contributed by atoms with Gasteiger partial charge in [0.15, 0.2) is 0 Å². The largest absolute Gasteiger partial charge is 0.353 e. The topological polar surface area (TPSA) is 59.8 Å². The van der Waals surface area contributed by atoms with Crippen LogP contribution < -0.4 is 5.32 Å². The predicted octanol–water partition coefficient (Wildman–Crippen LogP) is 4.09. The molecule has 0 bridgehead atoms. The molecule has 0 radical (unpaired) electrons. The van der Waals surface area contributed by atoms with Gasteiger partial charge in [0.1, 0.15) is 12.7 Å². The molecule has 0 aliphatic heterocycles. The van der Waals surface area contributed by atoms with E-state index < -0.39 is 0 Å². The first kappa shape index (κ1) is 19.7. The number of hydrogen-bond donors (Lipinski definition) is 1. The molecule has 0 aliphatic carbocycles. The molecule has 1 N–H and O–H groups in total. The Morgan fingerprint density at radius 2 is 1.70 bits per heavy atom. The van der Waals surface area contributed by atoms with E-state index in [2.05, 4.69) is 29.2 Å². The third-order valence-corrected chi connectivity index (χ3v) is 4.21. The summed E-state index contributed by atoms with van der Waals surface area (Å²) in [6, 6.07) is 0.339. The Kier molecular flexibility index (Phi) is 11.2. The van der Waals surface area contributed by atoms with Gasteiger partial charge in [-0.05, 0) is 12.8 Å².